The molecule has 1 amide bonds. The molecule has 4 heteroatoms. The molecule has 0 saturated carbocycles. The maximum Gasteiger partial charge on any atom is 0.252 e. The Kier molecular flexibility index (Phi) is 5.34. The summed E-state index contributed by atoms with van der Waals surface area (Å²) in [6, 6.07) is 13.7. The Morgan fingerprint density at radius 2 is 1.91 bits per heavy atom. The molecule has 0 atom stereocenters. The zero-order chi connectivity index (χ0) is 16.1. The topological polar surface area (TPSA) is 38.3 Å². The van der Waals surface area contributed by atoms with E-state index in [2.05, 4.69) is 33.4 Å². The molecule has 120 valence electrons. The molecule has 3 nitrogen and oxygen atoms in total. The lowest BCUT2D eigenvalue weighted by molar-refractivity contribution is 0.0946. The number of hydrogen-bond acceptors (Lipinski definition) is 2. The van der Waals surface area contributed by atoms with Gasteiger partial charge in [-0.05, 0) is 70.9 Å². The lowest BCUT2D eigenvalue weighted by atomic mass is 9.91. The van der Waals surface area contributed by atoms with Crippen LogP contribution in [0.3, 0.4) is 0 Å². The Hall–Kier alpha value is -1.81. The molecular weight excluding hydrogens is 354 g/mol. The molecule has 0 radical (unpaired) electrons. The zero-order valence-electron chi connectivity index (χ0n) is 13.0. The highest BCUT2D eigenvalue weighted by Crippen LogP contribution is 2.29. The van der Waals surface area contributed by atoms with E-state index in [1.165, 1.54) is 24.0 Å². The normalized spacial score (nSPS) is 13.3. The average molecular weight is 374 g/mol. The SMILES string of the molecule is O=C(NCCOc1cccc2c1CCCC2)c1ccccc1Br. The molecule has 0 unspecified atom stereocenters. The van der Waals surface area contributed by atoms with Crippen molar-refractivity contribution in [2.75, 3.05) is 13.2 Å². The second-order valence-electron chi connectivity index (χ2n) is 5.69. The van der Waals surface area contributed by atoms with E-state index in [0.717, 1.165) is 23.1 Å². The van der Waals surface area contributed by atoms with Crippen molar-refractivity contribution in [1.29, 1.82) is 0 Å². The lowest BCUT2D eigenvalue weighted by Crippen LogP contribution is -2.28. The predicted octanol–water partition coefficient (Wildman–Crippen LogP) is 4.14. The molecule has 23 heavy (non-hydrogen) atoms. The Balaban J connectivity index is 1.53. The molecule has 0 aliphatic heterocycles. The van der Waals surface area contributed by atoms with Crippen molar-refractivity contribution in [3.05, 3.63) is 63.6 Å². The third-order valence-corrected chi connectivity index (χ3v) is 4.81. The van der Waals surface area contributed by atoms with Gasteiger partial charge in [0.2, 0.25) is 0 Å². The second-order valence-corrected chi connectivity index (χ2v) is 6.54. The van der Waals surface area contributed by atoms with Gasteiger partial charge in [-0.25, -0.2) is 0 Å². The summed E-state index contributed by atoms with van der Waals surface area (Å²) < 4.78 is 6.70. The van der Waals surface area contributed by atoms with Crippen LogP contribution < -0.4 is 10.1 Å². The maximum absolute atomic E-state index is 12.1. The van der Waals surface area contributed by atoms with E-state index in [4.69, 9.17) is 4.74 Å². The standard InChI is InChI=1S/C19H20BrNO2/c20-17-10-4-3-9-16(17)19(22)21-12-13-23-18-11-5-7-14-6-1-2-8-15(14)18/h3-5,7,9-11H,1-2,6,8,12-13H2,(H,21,22). The average Bonchev–Trinajstić information content (AvgIpc) is 2.59. The summed E-state index contributed by atoms with van der Waals surface area (Å²) in [5.74, 6) is 0.883. The number of benzene rings is 2. The molecule has 1 N–H and O–H groups in total. The molecule has 1 aliphatic rings. The number of fused-ring (bicyclic) bond motifs is 1. The van der Waals surface area contributed by atoms with Crippen LogP contribution in [-0.2, 0) is 12.8 Å². The molecule has 3 rings (SSSR count). The van der Waals surface area contributed by atoms with Gasteiger partial charge in [0.15, 0.2) is 0 Å². The largest absolute Gasteiger partial charge is 0.491 e. The van der Waals surface area contributed by atoms with Crippen LogP contribution in [0.5, 0.6) is 5.75 Å². The van der Waals surface area contributed by atoms with Gasteiger partial charge >= 0.3 is 0 Å². The van der Waals surface area contributed by atoms with E-state index < -0.39 is 0 Å². The van der Waals surface area contributed by atoms with Crippen molar-refractivity contribution in [1.82, 2.24) is 5.32 Å². The smallest absolute Gasteiger partial charge is 0.252 e. The predicted molar refractivity (Wildman–Crippen MR) is 95.1 cm³/mol. The molecule has 1 aliphatic carbocycles. The number of aryl methyl sites for hydroxylation is 1. The Labute approximate surface area is 145 Å². The number of rotatable bonds is 5. The number of carbonyl (C=O) groups excluding carboxylic acids is 1. The molecule has 0 fully saturated rings. The lowest BCUT2D eigenvalue weighted by Gasteiger charge is -2.19. The van der Waals surface area contributed by atoms with Gasteiger partial charge in [-0.2, -0.15) is 0 Å². The highest BCUT2D eigenvalue weighted by molar-refractivity contribution is 9.10. The van der Waals surface area contributed by atoms with Crippen LogP contribution in [-0.4, -0.2) is 19.1 Å². The molecule has 2 aromatic rings. The fourth-order valence-electron chi connectivity index (χ4n) is 2.95. The van der Waals surface area contributed by atoms with Crippen LogP contribution in [0.4, 0.5) is 0 Å². The van der Waals surface area contributed by atoms with Crippen molar-refractivity contribution >= 4 is 21.8 Å². The van der Waals surface area contributed by atoms with Gasteiger partial charge in [-0.3, -0.25) is 4.79 Å². The Bertz CT molecular complexity index is 700. The van der Waals surface area contributed by atoms with Gasteiger partial charge < -0.3 is 10.1 Å². The number of nitrogens with one attached hydrogen (secondary N) is 1. The summed E-state index contributed by atoms with van der Waals surface area (Å²) in [5, 5.41) is 2.90. The van der Waals surface area contributed by atoms with Crippen molar-refractivity contribution < 1.29 is 9.53 Å². The zero-order valence-corrected chi connectivity index (χ0v) is 14.6. The summed E-state index contributed by atoms with van der Waals surface area (Å²) >= 11 is 3.39. The molecular formula is C19H20BrNO2. The van der Waals surface area contributed by atoms with Crippen LogP contribution in [0.25, 0.3) is 0 Å². The first kappa shape index (κ1) is 16.1. The van der Waals surface area contributed by atoms with Gasteiger partial charge in [-0.15, -0.1) is 0 Å². The highest BCUT2D eigenvalue weighted by Gasteiger charge is 2.14. The van der Waals surface area contributed by atoms with Crippen LogP contribution in [0.2, 0.25) is 0 Å². The number of amides is 1. The van der Waals surface area contributed by atoms with Gasteiger partial charge in [-0.1, -0.05) is 24.3 Å². The van der Waals surface area contributed by atoms with Crippen molar-refractivity contribution in [3.8, 4) is 5.75 Å². The fourth-order valence-corrected chi connectivity index (χ4v) is 3.41. The highest BCUT2D eigenvalue weighted by atomic mass is 79.9. The second kappa shape index (κ2) is 7.64. The van der Waals surface area contributed by atoms with E-state index in [0.29, 0.717) is 18.7 Å². The van der Waals surface area contributed by atoms with Crippen LogP contribution in [0, 0.1) is 0 Å². The van der Waals surface area contributed by atoms with Crippen LogP contribution >= 0.6 is 15.9 Å². The van der Waals surface area contributed by atoms with Crippen molar-refractivity contribution in [2.45, 2.75) is 25.7 Å². The van der Waals surface area contributed by atoms with Crippen molar-refractivity contribution in [2.24, 2.45) is 0 Å². The van der Waals surface area contributed by atoms with Crippen LogP contribution in [0.1, 0.15) is 34.3 Å². The first-order chi connectivity index (χ1) is 11.3. The molecule has 0 aromatic heterocycles. The minimum Gasteiger partial charge on any atom is -0.491 e. The molecule has 0 bridgehead atoms. The van der Waals surface area contributed by atoms with E-state index in [1.807, 2.05) is 24.3 Å². The fraction of sp³-hybridized carbons (Fsp3) is 0.316. The van der Waals surface area contributed by atoms with Crippen LogP contribution in [0.15, 0.2) is 46.9 Å². The van der Waals surface area contributed by atoms with E-state index >= 15 is 0 Å². The Morgan fingerprint density at radius 1 is 1.09 bits per heavy atom. The van der Waals surface area contributed by atoms with E-state index in [1.54, 1.807) is 6.07 Å². The molecule has 2 aromatic carbocycles. The molecule has 0 saturated heterocycles. The first-order valence-corrected chi connectivity index (χ1v) is 8.81. The summed E-state index contributed by atoms with van der Waals surface area (Å²) in [7, 11) is 0. The number of ether oxygens (including phenoxy) is 1. The van der Waals surface area contributed by atoms with E-state index in [-0.39, 0.29) is 5.91 Å². The van der Waals surface area contributed by atoms with Crippen molar-refractivity contribution in [3.63, 3.8) is 0 Å². The molecule has 0 spiro atoms. The summed E-state index contributed by atoms with van der Waals surface area (Å²) in [5.41, 5.74) is 3.39. The van der Waals surface area contributed by atoms with Gasteiger partial charge in [0, 0.05) is 4.47 Å². The number of carbonyl (C=O) groups is 1. The maximum atomic E-state index is 12.1. The van der Waals surface area contributed by atoms with Gasteiger partial charge in [0.05, 0.1) is 12.1 Å². The summed E-state index contributed by atoms with van der Waals surface area (Å²) in [6.45, 7) is 0.969. The first-order valence-electron chi connectivity index (χ1n) is 8.02. The quantitative estimate of drug-likeness (QED) is 0.799. The summed E-state index contributed by atoms with van der Waals surface area (Å²) in [6.07, 6.45) is 4.73. The minimum absolute atomic E-state index is 0.0869. The van der Waals surface area contributed by atoms with Gasteiger partial charge in [0.25, 0.3) is 5.91 Å². The summed E-state index contributed by atoms with van der Waals surface area (Å²) in [4.78, 5) is 12.1. The third kappa shape index (κ3) is 3.94. The van der Waals surface area contributed by atoms with E-state index in [9.17, 15) is 4.79 Å². The number of hydrogen-bond donors (Lipinski definition) is 1. The number of halogens is 1. The van der Waals surface area contributed by atoms with Gasteiger partial charge in [0.1, 0.15) is 12.4 Å². The monoisotopic (exact) mass is 373 g/mol. The molecule has 0 heterocycles. The third-order valence-electron chi connectivity index (χ3n) is 4.12. The minimum atomic E-state index is -0.0869. The Morgan fingerprint density at radius 3 is 2.78 bits per heavy atom.